The maximum Gasteiger partial charge on any atom is 0.0205 e. The van der Waals surface area contributed by atoms with Crippen molar-refractivity contribution >= 4 is 12.4 Å². The minimum atomic E-state index is 0. The molecule has 1 N–H and O–H groups in total. The van der Waals surface area contributed by atoms with Gasteiger partial charge in [0.1, 0.15) is 0 Å². The van der Waals surface area contributed by atoms with E-state index in [4.69, 9.17) is 0 Å². The van der Waals surface area contributed by atoms with Crippen molar-refractivity contribution < 1.29 is 0 Å². The number of halogens is 1. The molecule has 0 saturated carbocycles. The van der Waals surface area contributed by atoms with Crippen LogP contribution in [0.2, 0.25) is 0 Å². The summed E-state index contributed by atoms with van der Waals surface area (Å²) in [5.74, 6) is 0.770. The molecule has 0 saturated heterocycles. The predicted octanol–water partition coefficient (Wildman–Crippen LogP) is 3.61. The molecule has 19 heavy (non-hydrogen) atoms. The summed E-state index contributed by atoms with van der Waals surface area (Å²) in [6.45, 7) is 2.09. The first-order chi connectivity index (χ1) is 8.92. The number of nitrogens with one attached hydrogen (secondary N) is 1. The molecule has 0 aliphatic heterocycles. The Morgan fingerprint density at radius 1 is 0.842 bits per heavy atom. The lowest BCUT2D eigenvalue weighted by Gasteiger charge is -2.10. The van der Waals surface area contributed by atoms with E-state index in [1.807, 2.05) is 0 Å². The summed E-state index contributed by atoms with van der Waals surface area (Å²) in [6, 6.07) is 19.5. The molecule has 0 bridgehead atoms. The van der Waals surface area contributed by atoms with Crippen molar-refractivity contribution in [3.8, 4) is 0 Å². The van der Waals surface area contributed by atoms with Gasteiger partial charge in [0.15, 0.2) is 0 Å². The van der Waals surface area contributed by atoms with Crippen molar-refractivity contribution in [3.05, 3.63) is 71.3 Å². The van der Waals surface area contributed by atoms with Gasteiger partial charge in [0.25, 0.3) is 0 Å². The number of rotatable bonds is 4. The highest BCUT2D eigenvalue weighted by molar-refractivity contribution is 5.85. The Bertz CT molecular complexity index is 485. The molecule has 1 nitrogen and oxygen atoms in total. The monoisotopic (exact) mass is 273 g/mol. The Morgan fingerprint density at radius 3 is 2.05 bits per heavy atom. The normalized spacial score (nSPS) is 13.9. The van der Waals surface area contributed by atoms with Gasteiger partial charge < -0.3 is 5.32 Å². The van der Waals surface area contributed by atoms with E-state index in [0.29, 0.717) is 0 Å². The van der Waals surface area contributed by atoms with Crippen molar-refractivity contribution in [1.82, 2.24) is 5.32 Å². The Morgan fingerprint density at radius 2 is 1.42 bits per heavy atom. The summed E-state index contributed by atoms with van der Waals surface area (Å²) in [6.07, 6.45) is 2.47. The van der Waals surface area contributed by atoms with Crippen LogP contribution >= 0.6 is 12.4 Å². The molecule has 0 aromatic heterocycles. The second-order valence-corrected chi connectivity index (χ2v) is 5.16. The van der Waals surface area contributed by atoms with E-state index in [2.05, 4.69) is 59.9 Å². The van der Waals surface area contributed by atoms with E-state index in [1.54, 1.807) is 11.1 Å². The third-order valence-corrected chi connectivity index (χ3v) is 3.74. The molecule has 0 spiro atoms. The smallest absolute Gasteiger partial charge is 0.0205 e. The zero-order chi connectivity index (χ0) is 12.2. The first-order valence-electron chi connectivity index (χ1n) is 6.73. The molecule has 0 fully saturated rings. The lowest BCUT2D eigenvalue weighted by molar-refractivity contribution is 0.498. The number of fused-ring (bicyclic) bond motifs is 1. The van der Waals surface area contributed by atoms with Crippen molar-refractivity contribution in [1.29, 1.82) is 0 Å². The maximum atomic E-state index is 3.58. The van der Waals surface area contributed by atoms with Crippen LogP contribution in [0.15, 0.2) is 54.6 Å². The van der Waals surface area contributed by atoms with Gasteiger partial charge in [-0.15, -0.1) is 12.4 Å². The highest BCUT2D eigenvalue weighted by atomic mass is 35.5. The van der Waals surface area contributed by atoms with Crippen molar-refractivity contribution in [2.75, 3.05) is 6.54 Å². The largest absolute Gasteiger partial charge is 0.312 e. The summed E-state index contributed by atoms with van der Waals surface area (Å²) < 4.78 is 0. The fourth-order valence-electron chi connectivity index (χ4n) is 2.81. The molecule has 1 aliphatic carbocycles. The van der Waals surface area contributed by atoms with Crippen molar-refractivity contribution in [2.24, 2.45) is 5.92 Å². The number of benzene rings is 2. The lowest BCUT2D eigenvalue weighted by Crippen LogP contribution is -2.22. The number of hydrogen-bond donors (Lipinski definition) is 1. The zero-order valence-corrected chi connectivity index (χ0v) is 11.8. The van der Waals surface area contributed by atoms with Gasteiger partial charge in [0.2, 0.25) is 0 Å². The predicted molar refractivity (Wildman–Crippen MR) is 82.7 cm³/mol. The van der Waals surface area contributed by atoms with E-state index in [9.17, 15) is 0 Å². The zero-order valence-electron chi connectivity index (χ0n) is 11.0. The summed E-state index contributed by atoms with van der Waals surface area (Å²) in [4.78, 5) is 0. The topological polar surface area (TPSA) is 12.0 Å². The van der Waals surface area contributed by atoms with Gasteiger partial charge in [-0.3, -0.25) is 0 Å². The number of hydrogen-bond acceptors (Lipinski definition) is 1. The van der Waals surface area contributed by atoms with Gasteiger partial charge in [-0.2, -0.15) is 0 Å². The van der Waals surface area contributed by atoms with Gasteiger partial charge in [-0.1, -0.05) is 54.6 Å². The van der Waals surface area contributed by atoms with E-state index >= 15 is 0 Å². The molecule has 3 rings (SSSR count). The molecule has 0 radical (unpaired) electrons. The van der Waals surface area contributed by atoms with Crippen molar-refractivity contribution in [3.63, 3.8) is 0 Å². The lowest BCUT2D eigenvalue weighted by atomic mass is 10.1. The van der Waals surface area contributed by atoms with Crippen LogP contribution in [0.4, 0.5) is 0 Å². The molecular weight excluding hydrogens is 254 g/mol. The van der Waals surface area contributed by atoms with Crippen LogP contribution in [-0.4, -0.2) is 6.54 Å². The fraction of sp³-hybridized carbons (Fsp3) is 0.294. The average Bonchev–Trinajstić information content (AvgIpc) is 2.82. The Labute approximate surface area is 121 Å². The molecule has 2 aromatic rings. The fourth-order valence-corrected chi connectivity index (χ4v) is 2.81. The summed E-state index contributed by atoms with van der Waals surface area (Å²) in [5, 5.41) is 3.58. The minimum Gasteiger partial charge on any atom is -0.312 e. The highest BCUT2D eigenvalue weighted by Gasteiger charge is 2.19. The molecule has 0 amide bonds. The molecule has 1 aliphatic rings. The molecule has 0 atom stereocenters. The van der Waals surface area contributed by atoms with E-state index in [1.165, 1.54) is 18.4 Å². The summed E-state index contributed by atoms with van der Waals surface area (Å²) >= 11 is 0. The molecule has 100 valence electrons. The van der Waals surface area contributed by atoms with Gasteiger partial charge >= 0.3 is 0 Å². The molecule has 2 heteroatoms. The van der Waals surface area contributed by atoms with Crippen LogP contribution in [-0.2, 0) is 19.4 Å². The van der Waals surface area contributed by atoms with Crippen LogP contribution in [0.3, 0.4) is 0 Å². The van der Waals surface area contributed by atoms with E-state index < -0.39 is 0 Å². The maximum absolute atomic E-state index is 3.58. The van der Waals surface area contributed by atoms with Gasteiger partial charge in [-0.25, -0.2) is 0 Å². The SMILES string of the molecule is Cl.c1ccc(CNCC2Cc3ccccc3C2)cc1. The third-order valence-electron chi connectivity index (χ3n) is 3.74. The Kier molecular flexibility index (Phi) is 5.00. The van der Waals surface area contributed by atoms with Crippen LogP contribution in [0.5, 0.6) is 0 Å². The van der Waals surface area contributed by atoms with Crippen LogP contribution in [0.1, 0.15) is 16.7 Å². The molecule has 0 unspecified atom stereocenters. The quantitative estimate of drug-likeness (QED) is 0.897. The van der Waals surface area contributed by atoms with E-state index in [-0.39, 0.29) is 12.4 Å². The standard InChI is InChI=1S/C17H19N.ClH/c1-2-6-14(7-3-1)12-18-13-15-10-16-8-4-5-9-17(16)11-15;/h1-9,15,18H,10-13H2;1H. The average molecular weight is 274 g/mol. The summed E-state index contributed by atoms with van der Waals surface area (Å²) in [7, 11) is 0. The van der Waals surface area contributed by atoms with Gasteiger partial charge in [0, 0.05) is 6.54 Å². The molecule has 0 heterocycles. The van der Waals surface area contributed by atoms with Crippen LogP contribution < -0.4 is 5.32 Å². The van der Waals surface area contributed by atoms with Crippen molar-refractivity contribution in [2.45, 2.75) is 19.4 Å². The second-order valence-electron chi connectivity index (χ2n) is 5.16. The first kappa shape index (κ1) is 14.1. The Hall–Kier alpha value is -1.31. The molecule has 2 aromatic carbocycles. The summed E-state index contributed by atoms with van der Waals surface area (Å²) in [5.41, 5.74) is 4.46. The van der Waals surface area contributed by atoms with Crippen LogP contribution in [0, 0.1) is 5.92 Å². The second kappa shape index (κ2) is 6.74. The van der Waals surface area contributed by atoms with E-state index in [0.717, 1.165) is 19.0 Å². The third kappa shape index (κ3) is 3.59. The van der Waals surface area contributed by atoms with Crippen LogP contribution in [0.25, 0.3) is 0 Å². The molecular formula is C17H20ClN. The van der Waals surface area contributed by atoms with Gasteiger partial charge in [-0.05, 0) is 42.0 Å². The van der Waals surface area contributed by atoms with Gasteiger partial charge in [0.05, 0.1) is 0 Å². The first-order valence-corrected chi connectivity index (χ1v) is 6.73. The Balaban J connectivity index is 0.00000133. The minimum absolute atomic E-state index is 0. The highest BCUT2D eigenvalue weighted by Crippen LogP contribution is 2.25.